The molecule has 2 aromatic rings. The molecule has 6 nitrogen and oxygen atoms in total. The number of halogens is 3. The van der Waals surface area contributed by atoms with Crippen LogP contribution in [0.15, 0.2) is 49.8 Å². The molecule has 0 aliphatic heterocycles. The van der Waals surface area contributed by atoms with Gasteiger partial charge in [0, 0.05) is 14.5 Å². The van der Waals surface area contributed by atoms with Gasteiger partial charge in [0.25, 0.3) is 11.8 Å². The number of nitrogens with one attached hydrogen (secondary N) is 2. The van der Waals surface area contributed by atoms with Crippen LogP contribution in [0.3, 0.4) is 0 Å². The smallest absolute Gasteiger partial charge is 0.276 e. The zero-order chi connectivity index (χ0) is 21.6. The molecule has 0 spiro atoms. The summed E-state index contributed by atoms with van der Waals surface area (Å²) in [6.07, 6.45) is 0. The lowest BCUT2D eigenvalue weighted by Crippen LogP contribution is -2.45. The molecular formula is C20H21Br3N2O4. The van der Waals surface area contributed by atoms with E-state index in [9.17, 15) is 9.59 Å². The van der Waals surface area contributed by atoms with E-state index in [0.717, 1.165) is 14.5 Å². The maximum atomic E-state index is 12.0. The second-order valence-electron chi connectivity index (χ2n) is 7.14. The fraction of sp³-hybridized carbons (Fsp3) is 0.300. The summed E-state index contributed by atoms with van der Waals surface area (Å²) in [5.74, 6) is 0.159. The molecule has 2 rings (SSSR count). The van der Waals surface area contributed by atoms with Gasteiger partial charge in [0.05, 0.1) is 4.47 Å². The van der Waals surface area contributed by atoms with Crippen LogP contribution in [0, 0.1) is 0 Å². The monoisotopic (exact) mass is 590 g/mol. The third-order valence-electron chi connectivity index (χ3n) is 3.70. The second-order valence-corrected chi connectivity index (χ2v) is 9.82. The van der Waals surface area contributed by atoms with Gasteiger partial charge < -0.3 is 9.47 Å². The molecule has 0 heterocycles. The summed E-state index contributed by atoms with van der Waals surface area (Å²) >= 11 is 10.1. The minimum atomic E-state index is -0.493. The summed E-state index contributed by atoms with van der Waals surface area (Å²) in [7, 11) is 0. The SMILES string of the molecule is CC(C)(C)c1cc(Br)ccc1OCC(=O)NNC(=O)COc1ccc(Br)cc1Br. The predicted molar refractivity (Wildman–Crippen MR) is 122 cm³/mol. The average molecular weight is 593 g/mol. The van der Waals surface area contributed by atoms with Crippen LogP contribution >= 0.6 is 47.8 Å². The zero-order valence-corrected chi connectivity index (χ0v) is 20.9. The van der Waals surface area contributed by atoms with Crippen molar-refractivity contribution in [3.05, 3.63) is 55.4 Å². The molecule has 0 bridgehead atoms. The molecule has 0 aliphatic rings. The van der Waals surface area contributed by atoms with Gasteiger partial charge in [-0.15, -0.1) is 0 Å². The Hall–Kier alpha value is -1.58. The fourth-order valence-corrected chi connectivity index (χ4v) is 3.83. The predicted octanol–water partition coefficient (Wildman–Crippen LogP) is 4.88. The van der Waals surface area contributed by atoms with Crippen molar-refractivity contribution in [1.82, 2.24) is 10.9 Å². The molecule has 9 heteroatoms. The van der Waals surface area contributed by atoms with E-state index in [-0.39, 0.29) is 18.6 Å². The summed E-state index contributed by atoms with van der Waals surface area (Å²) in [6.45, 7) is 5.70. The number of amides is 2. The van der Waals surface area contributed by atoms with E-state index in [2.05, 4.69) is 79.4 Å². The summed E-state index contributed by atoms with van der Waals surface area (Å²) in [6, 6.07) is 10.9. The zero-order valence-electron chi connectivity index (χ0n) is 16.1. The van der Waals surface area contributed by atoms with Crippen molar-refractivity contribution in [1.29, 1.82) is 0 Å². The molecular weight excluding hydrogens is 572 g/mol. The van der Waals surface area contributed by atoms with E-state index < -0.39 is 11.8 Å². The Morgan fingerprint density at radius 1 is 0.828 bits per heavy atom. The topological polar surface area (TPSA) is 76.7 Å². The molecule has 2 aromatic carbocycles. The molecule has 156 valence electrons. The molecule has 2 N–H and O–H groups in total. The van der Waals surface area contributed by atoms with Gasteiger partial charge in [0.2, 0.25) is 0 Å². The fourth-order valence-electron chi connectivity index (χ4n) is 2.30. The Balaban J connectivity index is 1.81. The number of benzene rings is 2. The molecule has 0 fully saturated rings. The van der Waals surface area contributed by atoms with Gasteiger partial charge in [0.15, 0.2) is 13.2 Å². The van der Waals surface area contributed by atoms with Crippen LogP contribution in [0.1, 0.15) is 26.3 Å². The van der Waals surface area contributed by atoms with Crippen molar-refractivity contribution >= 4 is 59.6 Å². The third-order valence-corrected chi connectivity index (χ3v) is 5.31. The Kier molecular flexibility index (Phi) is 8.54. The number of carbonyl (C=O) groups is 2. The lowest BCUT2D eigenvalue weighted by Gasteiger charge is -2.23. The highest BCUT2D eigenvalue weighted by Crippen LogP contribution is 2.33. The number of hydrogen-bond acceptors (Lipinski definition) is 4. The van der Waals surface area contributed by atoms with Crippen molar-refractivity contribution < 1.29 is 19.1 Å². The first kappa shape index (κ1) is 23.7. The number of hydrogen-bond donors (Lipinski definition) is 2. The van der Waals surface area contributed by atoms with Crippen molar-refractivity contribution in [3.8, 4) is 11.5 Å². The van der Waals surface area contributed by atoms with E-state index in [0.29, 0.717) is 16.0 Å². The Labute approximate surface area is 195 Å². The van der Waals surface area contributed by atoms with E-state index in [1.165, 1.54) is 0 Å². The van der Waals surface area contributed by atoms with Gasteiger partial charge in [-0.05, 0) is 57.7 Å². The van der Waals surface area contributed by atoms with E-state index in [4.69, 9.17) is 9.47 Å². The van der Waals surface area contributed by atoms with Crippen LogP contribution in [-0.2, 0) is 15.0 Å². The first-order valence-corrected chi connectivity index (χ1v) is 11.0. The first-order chi connectivity index (χ1) is 13.6. The minimum absolute atomic E-state index is 0.150. The number of hydrazine groups is 1. The van der Waals surface area contributed by atoms with Gasteiger partial charge in [-0.25, -0.2) is 0 Å². The Bertz CT molecular complexity index is 898. The normalized spacial score (nSPS) is 11.0. The molecule has 0 radical (unpaired) electrons. The number of carbonyl (C=O) groups excluding carboxylic acids is 2. The number of ether oxygens (including phenoxy) is 2. The molecule has 0 saturated heterocycles. The van der Waals surface area contributed by atoms with E-state index >= 15 is 0 Å². The minimum Gasteiger partial charge on any atom is -0.483 e. The molecule has 0 aliphatic carbocycles. The standard InChI is InChI=1S/C20H21Br3N2O4/c1-20(2,3)14-8-12(21)4-6-16(14)28-10-18(26)24-25-19(27)11-29-17-7-5-13(22)9-15(17)23/h4-9H,10-11H2,1-3H3,(H,24,26)(H,25,27). The molecule has 29 heavy (non-hydrogen) atoms. The van der Waals surface area contributed by atoms with Crippen LogP contribution < -0.4 is 20.3 Å². The average Bonchev–Trinajstić information content (AvgIpc) is 2.63. The highest BCUT2D eigenvalue weighted by molar-refractivity contribution is 9.11. The van der Waals surface area contributed by atoms with Gasteiger partial charge in [-0.3, -0.25) is 20.4 Å². The molecule has 0 aromatic heterocycles. The van der Waals surface area contributed by atoms with Gasteiger partial charge in [0.1, 0.15) is 11.5 Å². The molecule has 0 unspecified atom stereocenters. The van der Waals surface area contributed by atoms with Crippen molar-refractivity contribution in [2.24, 2.45) is 0 Å². The largest absolute Gasteiger partial charge is 0.483 e. The summed E-state index contributed by atoms with van der Waals surface area (Å²) in [4.78, 5) is 23.9. The quantitative estimate of drug-likeness (QED) is 0.469. The van der Waals surface area contributed by atoms with Gasteiger partial charge in [-0.2, -0.15) is 0 Å². The van der Waals surface area contributed by atoms with Crippen LogP contribution in [0.5, 0.6) is 11.5 Å². The first-order valence-electron chi connectivity index (χ1n) is 8.64. The summed E-state index contributed by atoms with van der Waals surface area (Å²) in [5, 5.41) is 0. The van der Waals surface area contributed by atoms with Crippen LogP contribution in [0.4, 0.5) is 0 Å². The van der Waals surface area contributed by atoms with Crippen LogP contribution in [0.2, 0.25) is 0 Å². The van der Waals surface area contributed by atoms with Gasteiger partial charge >= 0.3 is 0 Å². The Morgan fingerprint density at radius 3 is 1.83 bits per heavy atom. The molecule has 2 amide bonds. The third kappa shape index (κ3) is 7.64. The summed E-state index contributed by atoms with van der Waals surface area (Å²) < 4.78 is 13.6. The maximum absolute atomic E-state index is 12.0. The number of rotatable bonds is 6. The highest BCUT2D eigenvalue weighted by Gasteiger charge is 2.20. The highest BCUT2D eigenvalue weighted by atomic mass is 79.9. The van der Waals surface area contributed by atoms with E-state index in [1.54, 1.807) is 24.3 Å². The lowest BCUT2D eigenvalue weighted by molar-refractivity contribution is -0.131. The molecule has 0 saturated carbocycles. The van der Waals surface area contributed by atoms with Crippen molar-refractivity contribution in [3.63, 3.8) is 0 Å². The Morgan fingerprint density at radius 2 is 1.31 bits per heavy atom. The van der Waals surface area contributed by atoms with Crippen molar-refractivity contribution in [2.75, 3.05) is 13.2 Å². The maximum Gasteiger partial charge on any atom is 0.276 e. The van der Waals surface area contributed by atoms with Crippen LogP contribution in [-0.4, -0.2) is 25.0 Å². The second kappa shape index (κ2) is 10.4. The van der Waals surface area contributed by atoms with Gasteiger partial charge in [-0.1, -0.05) is 52.6 Å². The summed E-state index contributed by atoms with van der Waals surface area (Å²) in [5.41, 5.74) is 5.43. The van der Waals surface area contributed by atoms with Crippen molar-refractivity contribution in [2.45, 2.75) is 26.2 Å². The molecule has 0 atom stereocenters. The van der Waals surface area contributed by atoms with E-state index in [1.807, 2.05) is 12.1 Å². The van der Waals surface area contributed by atoms with Crippen LogP contribution in [0.25, 0.3) is 0 Å². The lowest BCUT2D eigenvalue weighted by atomic mass is 9.86.